The molecule has 0 aromatic rings. The molecule has 2 nitrogen and oxygen atoms in total. The minimum absolute atomic E-state index is 0.103. The van der Waals surface area contributed by atoms with Crippen LogP contribution in [0.4, 0.5) is 0 Å². The molecule has 1 heterocycles. The smallest absolute Gasteiger partial charge is 0.0541 e. The van der Waals surface area contributed by atoms with Crippen molar-refractivity contribution in [1.82, 2.24) is 4.90 Å². The molecule has 1 fully saturated rings. The van der Waals surface area contributed by atoms with Crippen molar-refractivity contribution < 1.29 is 5.11 Å². The van der Waals surface area contributed by atoms with Crippen molar-refractivity contribution in [3.8, 4) is 0 Å². The summed E-state index contributed by atoms with van der Waals surface area (Å²) < 4.78 is 0. The third-order valence-corrected chi connectivity index (χ3v) is 2.76. The van der Waals surface area contributed by atoms with Gasteiger partial charge in [0.1, 0.15) is 0 Å². The predicted molar refractivity (Wildman–Crippen MR) is 46.5 cm³/mol. The van der Waals surface area contributed by atoms with E-state index in [1.807, 2.05) is 6.92 Å². The minimum Gasteiger partial charge on any atom is -0.393 e. The molecule has 0 aromatic heterocycles. The number of hydrogen-bond acceptors (Lipinski definition) is 2. The predicted octanol–water partition coefficient (Wildman–Crippen LogP) is 1.10. The highest BCUT2D eigenvalue weighted by Crippen LogP contribution is 2.19. The standard InChI is InChI=1S/C9H19NO/c1-3-10-6-4-9(5-7-10)8(2)11/h8-9,11H,3-7H2,1-2H3/t8-/m1/s1. The molecule has 0 aromatic carbocycles. The van der Waals surface area contributed by atoms with Gasteiger partial charge in [-0.25, -0.2) is 0 Å². The molecule has 0 aliphatic carbocycles. The summed E-state index contributed by atoms with van der Waals surface area (Å²) in [5.41, 5.74) is 0. The quantitative estimate of drug-likeness (QED) is 0.649. The maximum Gasteiger partial charge on any atom is 0.0541 e. The summed E-state index contributed by atoms with van der Waals surface area (Å²) in [5.74, 6) is 0.554. The van der Waals surface area contributed by atoms with Crippen LogP contribution in [0.5, 0.6) is 0 Å². The van der Waals surface area contributed by atoms with Crippen LogP contribution in [0.2, 0.25) is 0 Å². The van der Waals surface area contributed by atoms with Gasteiger partial charge in [0.05, 0.1) is 6.10 Å². The van der Waals surface area contributed by atoms with Gasteiger partial charge >= 0.3 is 0 Å². The molecule has 0 bridgehead atoms. The van der Waals surface area contributed by atoms with Gasteiger partial charge in [-0.1, -0.05) is 6.92 Å². The number of rotatable bonds is 2. The number of hydrogen-bond donors (Lipinski definition) is 1. The second-order valence-electron chi connectivity index (χ2n) is 3.51. The largest absolute Gasteiger partial charge is 0.393 e. The van der Waals surface area contributed by atoms with Crippen molar-refractivity contribution in [3.63, 3.8) is 0 Å². The third-order valence-electron chi connectivity index (χ3n) is 2.76. The Labute approximate surface area is 69.2 Å². The zero-order valence-corrected chi connectivity index (χ0v) is 7.58. The number of aliphatic hydroxyl groups excluding tert-OH is 1. The van der Waals surface area contributed by atoms with Crippen LogP contribution < -0.4 is 0 Å². The molecule has 11 heavy (non-hydrogen) atoms. The van der Waals surface area contributed by atoms with Gasteiger partial charge in [0, 0.05) is 0 Å². The van der Waals surface area contributed by atoms with E-state index in [0.717, 1.165) is 6.54 Å². The van der Waals surface area contributed by atoms with Crippen LogP contribution >= 0.6 is 0 Å². The second kappa shape index (κ2) is 4.07. The first-order valence-corrected chi connectivity index (χ1v) is 4.64. The Morgan fingerprint density at radius 1 is 1.45 bits per heavy atom. The van der Waals surface area contributed by atoms with Gasteiger partial charge in [-0.05, 0) is 45.3 Å². The van der Waals surface area contributed by atoms with E-state index in [2.05, 4.69) is 11.8 Å². The first-order chi connectivity index (χ1) is 5.24. The molecule has 1 N–H and O–H groups in total. The molecule has 1 atom stereocenters. The lowest BCUT2D eigenvalue weighted by Gasteiger charge is -2.32. The Morgan fingerprint density at radius 3 is 2.36 bits per heavy atom. The molecule has 1 aliphatic heterocycles. The highest BCUT2D eigenvalue weighted by molar-refractivity contribution is 4.74. The number of aliphatic hydroxyl groups is 1. The Hall–Kier alpha value is -0.0800. The monoisotopic (exact) mass is 157 g/mol. The van der Waals surface area contributed by atoms with Crippen LogP contribution in [-0.4, -0.2) is 35.7 Å². The maximum atomic E-state index is 9.32. The minimum atomic E-state index is -0.103. The lowest BCUT2D eigenvalue weighted by atomic mass is 9.92. The topological polar surface area (TPSA) is 23.5 Å². The van der Waals surface area contributed by atoms with Gasteiger partial charge in [-0.2, -0.15) is 0 Å². The molecular weight excluding hydrogens is 138 g/mol. The Kier molecular flexibility index (Phi) is 3.34. The Balaban J connectivity index is 2.24. The summed E-state index contributed by atoms with van der Waals surface area (Å²) in [6.07, 6.45) is 2.24. The van der Waals surface area contributed by atoms with E-state index < -0.39 is 0 Å². The molecule has 66 valence electrons. The fourth-order valence-corrected chi connectivity index (χ4v) is 1.75. The van der Waals surface area contributed by atoms with Gasteiger partial charge in [0.15, 0.2) is 0 Å². The molecule has 1 saturated heterocycles. The van der Waals surface area contributed by atoms with Crippen molar-refractivity contribution in [2.45, 2.75) is 32.8 Å². The maximum absolute atomic E-state index is 9.32. The van der Waals surface area contributed by atoms with Crippen molar-refractivity contribution >= 4 is 0 Å². The van der Waals surface area contributed by atoms with E-state index in [1.165, 1.54) is 25.9 Å². The van der Waals surface area contributed by atoms with E-state index in [0.29, 0.717) is 5.92 Å². The van der Waals surface area contributed by atoms with Gasteiger partial charge in [0.2, 0.25) is 0 Å². The number of piperidine rings is 1. The summed E-state index contributed by atoms with van der Waals surface area (Å²) in [7, 11) is 0. The van der Waals surface area contributed by atoms with Gasteiger partial charge in [0.25, 0.3) is 0 Å². The van der Waals surface area contributed by atoms with E-state index >= 15 is 0 Å². The fraction of sp³-hybridized carbons (Fsp3) is 1.00. The third kappa shape index (κ3) is 2.46. The average Bonchev–Trinajstić information content (AvgIpc) is 2.05. The summed E-state index contributed by atoms with van der Waals surface area (Å²) in [4.78, 5) is 2.44. The molecule has 2 heteroatoms. The summed E-state index contributed by atoms with van der Waals surface area (Å²) >= 11 is 0. The normalized spacial score (nSPS) is 25.4. The highest BCUT2D eigenvalue weighted by Gasteiger charge is 2.21. The van der Waals surface area contributed by atoms with Gasteiger partial charge in [-0.3, -0.25) is 0 Å². The zero-order chi connectivity index (χ0) is 8.27. The second-order valence-corrected chi connectivity index (χ2v) is 3.51. The number of nitrogens with zero attached hydrogens (tertiary/aromatic N) is 1. The Bertz CT molecular complexity index is 106. The van der Waals surface area contributed by atoms with Crippen LogP contribution in [0, 0.1) is 5.92 Å². The van der Waals surface area contributed by atoms with Crippen LogP contribution in [0.25, 0.3) is 0 Å². The molecule has 0 radical (unpaired) electrons. The molecule has 0 amide bonds. The molecular formula is C9H19NO. The lowest BCUT2D eigenvalue weighted by Crippen LogP contribution is -2.36. The average molecular weight is 157 g/mol. The molecule has 1 aliphatic rings. The van der Waals surface area contributed by atoms with E-state index in [9.17, 15) is 5.11 Å². The van der Waals surface area contributed by atoms with E-state index in [1.54, 1.807) is 0 Å². The zero-order valence-electron chi connectivity index (χ0n) is 7.58. The van der Waals surface area contributed by atoms with Crippen LogP contribution in [0.15, 0.2) is 0 Å². The SMILES string of the molecule is CCN1CCC([C@@H](C)O)CC1. The molecule has 1 rings (SSSR count). The van der Waals surface area contributed by atoms with E-state index in [-0.39, 0.29) is 6.10 Å². The van der Waals surface area contributed by atoms with Crippen molar-refractivity contribution in [1.29, 1.82) is 0 Å². The van der Waals surface area contributed by atoms with Crippen LogP contribution in [0.3, 0.4) is 0 Å². The van der Waals surface area contributed by atoms with Crippen LogP contribution in [-0.2, 0) is 0 Å². The van der Waals surface area contributed by atoms with Crippen molar-refractivity contribution in [3.05, 3.63) is 0 Å². The summed E-state index contributed by atoms with van der Waals surface area (Å²) in [5, 5.41) is 9.32. The highest BCUT2D eigenvalue weighted by atomic mass is 16.3. The number of likely N-dealkylation sites (tertiary alicyclic amines) is 1. The lowest BCUT2D eigenvalue weighted by molar-refractivity contribution is 0.0737. The summed E-state index contributed by atoms with van der Waals surface area (Å²) in [6, 6.07) is 0. The van der Waals surface area contributed by atoms with Crippen molar-refractivity contribution in [2.24, 2.45) is 5.92 Å². The van der Waals surface area contributed by atoms with Crippen molar-refractivity contribution in [2.75, 3.05) is 19.6 Å². The fourth-order valence-electron chi connectivity index (χ4n) is 1.75. The molecule has 0 spiro atoms. The summed E-state index contributed by atoms with van der Waals surface area (Å²) in [6.45, 7) is 7.61. The van der Waals surface area contributed by atoms with Gasteiger partial charge in [-0.15, -0.1) is 0 Å². The van der Waals surface area contributed by atoms with Gasteiger partial charge < -0.3 is 10.0 Å². The van der Waals surface area contributed by atoms with E-state index in [4.69, 9.17) is 0 Å². The molecule has 0 unspecified atom stereocenters. The first-order valence-electron chi connectivity index (χ1n) is 4.64. The Morgan fingerprint density at radius 2 is 2.00 bits per heavy atom. The molecule has 0 saturated carbocycles. The first kappa shape index (κ1) is 9.01. The van der Waals surface area contributed by atoms with Crippen LogP contribution in [0.1, 0.15) is 26.7 Å².